The highest BCUT2D eigenvalue weighted by molar-refractivity contribution is 6.04. The van der Waals surface area contributed by atoms with E-state index in [2.05, 4.69) is 15.6 Å². The van der Waals surface area contributed by atoms with Crippen LogP contribution in [0.4, 0.5) is 21.5 Å². The highest BCUT2D eigenvalue weighted by atomic mass is 19.1. The first-order chi connectivity index (χ1) is 11.2. The van der Waals surface area contributed by atoms with Crippen molar-refractivity contribution in [3.8, 4) is 0 Å². The lowest BCUT2D eigenvalue weighted by Crippen LogP contribution is -2.12. The van der Waals surface area contributed by atoms with Gasteiger partial charge in [-0.05, 0) is 36.4 Å². The zero-order chi connectivity index (χ0) is 16.1. The molecule has 3 rings (SSSR count). The molecule has 2 aromatic carbocycles. The van der Waals surface area contributed by atoms with Gasteiger partial charge in [-0.2, -0.15) is 0 Å². The SMILES string of the molecule is O=C(Nc1cccc(F)c1)c1cncc(Nc2ccccc2)c1. The van der Waals surface area contributed by atoms with Crippen LogP contribution in [0.3, 0.4) is 0 Å². The molecule has 5 heteroatoms. The fourth-order valence-electron chi connectivity index (χ4n) is 2.09. The smallest absolute Gasteiger partial charge is 0.257 e. The monoisotopic (exact) mass is 307 g/mol. The molecule has 0 radical (unpaired) electrons. The topological polar surface area (TPSA) is 54.0 Å². The van der Waals surface area contributed by atoms with Crippen LogP contribution in [0.15, 0.2) is 73.1 Å². The molecular formula is C18H14FN3O. The second-order valence-corrected chi connectivity index (χ2v) is 4.92. The number of hydrogen-bond acceptors (Lipinski definition) is 3. The number of aromatic nitrogens is 1. The highest BCUT2D eigenvalue weighted by Crippen LogP contribution is 2.17. The molecule has 3 aromatic rings. The number of nitrogens with zero attached hydrogens (tertiary/aromatic N) is 1. The number of anilines is 3. The number of rotatable bonds is 4. The van der Waals surface area contributed by atoms with Gasteiger partial charge < -0.3 is 10.6 Å². The second-order valence-electron chi connectivity index (χ2n) is 4.92. The average molecular weight is 307 g/mol. The number of pyridine rings is 1. The lowest BCUT2D eigenvalue weighted by molar-refractivity contribution is 0.102. The Labute approximate surface area is 133 Å². The summed E-state index contributed by atoms with van der Waals surface area (Å²) >= 11 is 0. The van der Waals surface area contributed by atoms with Crippen molar-refractivity contribution < 1.29 is 9.18 Å². The van der Waals surface area contributed by atoms with Crippen LogP contribution in [-0.2, 0) is 0 Å². The summed E-state index contributed by atoms with van der Waals surface area (Å²) in [6.45, 7) is 0. The summed E-state index contributed by atoms with van der Waals surface area (Å²) in [5.74, 6) is -0.750. The summed E-state index contributed by atoms with van der Waals surface area (Å²) in [6.07, 6.45) is 3.09. The van der Waals surface area contributed by atoms with E-state index in [1.807, 2.05) is 30.3 Å². The average Bonchev–Trinajstić information content (AvgIpc) is 2.56. The minimum absolute atomic E-state index is 0.347. The van der Waals surface area contributed by atoms with E-state index in [0.29, 0.717) is 16.9 Å². The molecule has 1 heterocycles. The van der Waals surface area contributed by atoms with Gasteiger partial charge in [0, 0.05) is 17.6 Å². The number of halogens is 1. The largest absolute Gasteiger partial charge is 0.354 e. The van der Waals surface area contributed by atoms with E-state index in [1.165, 1.54) is 24.4 Å². The maximum Gasteiger partial charge on any atom is 0.257 e. The van der Waals surface area contributed by atoms with Crippen molar-refractivity contribution in [3.05, 3.63) is 84.4 Å². The molecule has 2 N–H and O–H groups in total. The molecule has 0 aliphatic rings. The molecule has 0 fully saturated rings. The quantitative estimate of drug-likeness (QED) is 0.759. The molecule has 0 atom stereocenters. The Bertz CT molecular complexity index is 821. The Balaban J connectivity index is 1.75. The number of para-hydroxylation sites is 1. The van der Waals surface area contributed by atoms with Crippen LogP contribution >= 0.6 is 0 Å². The van der Waals surface area contributed by atoms with Gasteiger partial charge in [0.2, 0.25) is 0 Å². The fraction of sp³-hybridized carbons (Fsp3) is 0. The third kappa shape index (κ3) is 3.91. The summed E-state index contributed by atoms with van der Waals surface area (Å²) in [5.41, 5.74) is 2.38. The number of nitrogens with one attached hydrogen (secondary N) is 2. The third-order valence-corrected chi connectivity index (χ3v) is 3.15. The molecule has 0 aliphatic heterocycles. The normalized spacial score (nSPS) is 10.1. The van der Waals surface area contributed by atoms with Crippen molar-refractivity contribution in [2.75, 3.05) is 10.6 Å². The Hall–Kier alpha value is -3.21. The van der Waals surface area contributed by atoms with Gasteiger partial charge in [-0.25, -0.2) is 4.39 Å². The van der Waals surface area contributed by atoms with E-state index in [0.717, 1.165) is 5.69 Å². The van der Waals surface area contributed by atoms with Crippen LogP contribution in [0.25, 0.3) is 0 Å². The van der Waals surface area contributed by atoms with Gasteiger partial charge in [0.15, 0.2) is 0 Å². The molecule has 0 bridgehead atoms. The van der Waals surface area contributed by atoms with Crippen LogP contribution in [0, 0.1) is 5.82 Å². The fourth-order valence-corrected chi connectivity index (χ4v) is 2.09. The maximum absolute atomic E-state index is 13.2. The van der Waals surface area contributed by atoms with Crippen LogP contribution in [-0.4, -0.2) is 10.9 Å². The second kappa shape index (κ2) is 6.70. The Kier molecular flexibility index (Phi) is 4.29. The zero-order valence-electron chi connectivity index (χ0n) is 12.2. The van der Waals surface area contributed by atoms with Crippen LogP contribution < -0.4 is 10.6 Å². The van der Waals surface area contributed by atoms with E-state index in [1.54, 1.807) is 18.3 Å². The summed E-state index contributed by atoms with van der Waals surface area (Å²) in [7, 11) is 0. The van der Waals surface area contributed by atoms with Gasteiger partial charge in [0.25, 0.3) is 5.91 Å². The number of benzene rings is 2. The summed E-state index contributed by atoms with van der Waals surface area (Å²) < 4.78 is 13.2. The summed E-state index contributed by atoms with van der Waals surface area (Å²) in [6, 6.07) is 17.0. The molecule has 0 saturated heterocycles. The molecular weight excluding hydrogens is 293 g/mol. The van der Waals surface area contributed by atoms with Gasteiger partial charge in [-0.15, -0.1) is 0 Å². The number of hydrogen-bond donors (Lipinski definition) is 2. The maximum atomic E-state index is 13.2. The minimum atomic E-state index is -0.402. The zero-order valence-corrected chi connectivity index (χ0v) is 12.2. The van der Waals surface area contributed by atoms with Crippen molar-refractivity contribution in [2.45, 2.75) is 0 Å². The van der Waals surface area contributed by atoms with E-state index in [4.69, 9.17) is 0 Å². The van der Waals surface area contributed by atoms with E-state index < -0.39 is 5.82 Å². The number of amides is 1. The third-order valence-electron chi connectivity index (χ3n) is 3.15. The Morgan fingerprint density at radius 1 is 0.870 bits per heavy atom. The molecule has 0 saturated carbocycles. The molecule has 0 spiro atoms. The first-order valence-corrected chi connectivity index (χ1v) is 7.05. The van der Waals surface area contributed by atoms with Gasteiger partial charge >= 0.3 is 0 Å². The van der Waals surface area contributed by atoms with E-state index in [9.17, 15) is 9.18 Å². The predicted molar refractivity (Wildman–Crippen MR) is 88.3 cm³/mol. The standard InChI is InChI=1S/C18H14FN3O/c19-14-5-4-8-16(10-14)22-18(23)13-9-17(12-20-11-13)21-15-6-2-1-3-7-15/h1-12,21H,(H,22,23). The molecule has 114 valence electrons. The lowest BCUT2D eigenvalue weighted by atomic mass is 10.2. The van der Waals surface area contributed by atoms with Crippen molar-refractivity contribution >= 4 is 23.0 Å². The molecule has 1 aromatic heterocycles. The Morgan fingerprint density at radius 3 is 2.43 bits per heavy atom. The lowest BCUT2D eigenvalue weighted by Gasteiger charge is -2.08. The van der Waals surface area contributed by atoms with E-state index in [-0.39, 0.29) is 5.91 Å². The van der Waals surface area contributed by atoms with Crippen molar-refractivity contribution in [1.29, 1.82) is 0 Å². The summed E-state index contributed by atoms with van der Waals surface area (Å²) in [4.78, 5) is 16.3. The van der Waals surface area contributed by atoms with Crippen LogP contribution in [0.5, 0.6) is 0 Å². The first-order valence-electron chi connectivity index (χ1n) is 7.05. The number of carbonyl (C=O) groups excluding carboxylic acids is 1. The van der Waals surface area contributed by atoms with Gasteiger partial charge in [0.05, 0.1) is 17.4 Å². The first kappa shape index (κ1) is 14.7. The molecule has 4 nitrogen and oxygen atoms in total. The van der Waals surface area contributed by atoms with Gasteiger partial charge in [0.1, 0.15) is 5.82 Å². The molecule has 23 heavy (non-hydrogen) atoms. The molecule has 0 aliphatic carbocycles. The Morgan fingerprint density at radius 2 is 1.65 bits per heavy atom. The predicted octanol–water partition coefficient (Wildman–Crippen LogP) is 4.22. The van der Waals surface area contributed by atoms with Crippen LogP contribution in [0.1, 0.15) is 10.4 Å². The van der Waals surface area contributed by atoms with Crippen molar-refractivity contribution in [1.82, 2.24) is 4.98 Å². The van der Waals surface area contributed by atoms with Gasteiger partial charge in [-0.1, -0.05) is 24.3 Å². The summed E-state index contributed by atoms with van der Waals surface area (Å²) in [5, 5.41) is 5.81. The number of carbonyl (C=O) groups is 1. The highest BCUT2D eigenvalue weighted by Gasteiger charge is 2.08. The van der Waals surface area contributed by atoms with E-state index >= 15 is 0 Å². The van der Waals surface area contributed by atoms with Crippen LogP contribution in [0.2, 0.25) is 0 Å². The molecule has 0 unspecified atom stereocenters. The van der Waals surface area contributed by atoms with Crippen molar-refractivity contribution in [2.24, 2.45) is 0 Å². The van der Waals surface area contributed by atoms with Crippen molar-refractivity contribution in [3.63, 3.8) is 0 Å². The minimum Gasteiger partial charge on any atom is -0.354 e. The van der Waals surface area contributed by atoms with Gasteiger partial charge in [-0.3, -0.25) is 9.78 Å². The molecule has 1 amide bonds.